The fourth-order valence-electron chi connectivity index (χ4n) is 4.10. The molecule has 0 radical (unpaired) electrons. The molecule has 3 rings (SSSR count). The van der Waals surface area contributed by atoms with Crippen molar-refractivity contribution >= 4 is 39.4 Å². The lowest BCUT2D eigenvalue weighted by molar-refractivity contribution is -0.141. The summed E-state index contributed by atoms with van der Waals surface area (Å²) in [5.41, 5.74) is 0.782. The van der Waals surface area contributed by atoms with Gasteiger partial charge in [0.25, 0.3) is 5.91 Å². The van der Waals surface area contributed by atoms with Crippen molar-refractivity contribution in [2.75, 3.05) is 26.2 Å². The Kier molecular flexibility index (Phi) is 11.9. The van der Waals surface area contributed by atoms with Gasteiger partial charge in [0, 0.05) is 17.1 Å². The summed E-state index contributed by atoms with van der Waals surface area (Å²) in [6.07, 6.45) is -1.21. The van der Waals surface area contributed by atoms with E-state index in [1.54, 1.807) is 64.1 Å². The number of rotatable bonds is 12. The first-order valence-electron chi connectivity index (χ1n) is 14.0. The van der Waals surface area contributed by atoms with E-state index in [2.05, 4.69) is 5.32 Å². The Bertz CT molecular complexity index is 1550. The van der Waals surface area contributed by atoms with Gasteiger partial charge in [-0.2, -0.15) is 0 Å². The molecule has 0 aliphatic rings. The lowest BCUT2D eigenvalue weighted by Crippen LogP contribution is -2.40. The number of aliphatic hydroxyl groups excluding tert-OH is 1. The summed E-state index contributed by atoms with van der Waals surface area (Å²) in [7, 11) is -3.88. The Morgan fingerprint density at radius 3 is 2.16 bits per heavy atom. The van der Waals surface area contributed by atoms with Crippen LogP contribution in [0, 0.1) is 0 Å². The Hall–Kier alpha value is -3.93. The lowest BCUT2D eigenvalue weighted by Gasteiger charge is -2.29. The Morgan fingerprint density at radius 1 is 0.977 bits per heavy atom. The molecule has 0 unspecified atom stereocenters. The van der Waals surface area contributed by atoms with Gasteiger partial charge >= 0.3 is 12.1 Å². The fraction of sp³-hybridized carbons (Fsp3) is 0.344. The molecule has 0 aliphatic heterocycles. The van der Waals surface area contributed by atoms with Crippen LogP contribution >= 0.6 is 11.6 Å². The minimum absolute atomic E-state index is 0.00158. The molecule has 0 bridgehead atoms. The van der Waals surface area contributed by atoms with Crippen LogP contribution in [-0.2, 0) is 30.5 Å². The van der Waals surface area contributed by atoms with Crippen molar-refractivity contribution in [3.05, 3.63) is 94.5 Å². The van der Waals surface area contributed by atoms with E-state index in [0.29, 0.717) is 17.0 Å². The summed E-state index contributed by atoms with van der Waals surface area (Å²) in [6, 6.07) is 18.4. The molecule has 236 valence electrons. The number of hydrogen-bond donors (Lipinski definition) is 2. The van der Waals surface area contributed by atoms with Gasteiger partial charge in [-0.05, 0) is 93.8 Å². The van der Waals surface area contributed by atoms with Crippen molar-refractivity contribution in [1.29, 1.82) is 0 Å². The molecule has 0 saturated heterocycles. The average Bonchev–Trinajstić information content (AvgIpc) is 2.97. The molecule has 2 N–H and O–H groups in total. The number of benzene rings is 3. The number of nitrogens with one attached hydrogen (secondary N) is 1. The number of nitrogens with zero attached hydrogens (tertiary/aromatic N) is 1. The van der Waals surface area contributed by atoms with Gasteiger partial charge in [0.15, 0.2) is 0 Å². The van der Waals surface area contributed by atoms with E-state index in [-0.39, 0.29) is 41.6 Å². The molecule has 12 heteroatoms. The highest BCUT2D eigenvalue weighted by atomic mass is 35.5. The highest BCUT2D eigenvalue weighted by molar-refractivity contribution is 7.91. The zero-order valence-corrected chi connectivity index (χ0v) is 26.7. The molecule has 44 heavy (non-hydrogen) atoms. The molecule has 0 spiro atoms. The molecular formula is C32H37ClN2O8S. The molecule has 1 atom stereocenters. The maximum atomic E-state index is 13.2. The van der Waals surface area contributed by atoms with E-state index in [1.165, 1.54) is 41.3 Å². The number of carbonyl (C=O) groups excluding carboxylic acids is 3. The van der Waals surface area contributed by atoms with Gasteiger partial charge in [-0.15, -0.1) is 0 Å². The van der Waals surface area contributed by atoms with Gasteiger partial charge in [0.2, 0.25) is 9.84 Å². The van der Waals surface area contributed by atoms with Crippen LogP contribution in [0.3, 0.4) is 0 Å². The maximum absolute atomic E-state index is 13.2. The van der Waals surface area contributed by atoms with Crippen LogP contribution in [0.2, 0.25) is 5.02 Å². The van der Waals surface area contributed by atoms with E-state index < -0.39 is 39.5 Å². The Morgan fingerprint density at radius 2 is 1.59 bits per heavy atom. The lowest BCUT2D eigenvalue weighted by atomic mass is 10.1. The fourth-order valence-corrected chi connectivity index (χ4v) is 5.56. The maximum Gasteiger partial charge on any atom is 0.410 e. The summed E-state index contributed by atoms with van der Waals surface area (Å²) in [5.74, 6) is -1.11. The normalized spacial score (nSPS) is 12.2. The van der Waals surface area contributed by atoms with Crippen molar-refractivity contribution in [1.82, 2.24) is 10.2 Å². The first kappa shape index (κ1) is 34.6. The predicted molar refractivity (Wildman–Crippen MR) is 165 cm³/mol. The molecule has 0 aromatic heterocycles. The summed E-state index contributed by atoms with van der Waals surface area (Å²) >= 11 is 6.06. The third-order valence-electron chi connectivity index (χ3n) is 6.31. The van der Waals surface area contributed by atoms with Crippen LogP contribution in [0.4, 0.5) is 4.79 Å². The van der Waals surface area contributed by atoms with Crippen molar-refractivity contribution in [3.8, 4) is 0 Å². The molecule has 2 amide bonds. The van der Waals surface area contributed by atoms with Crippen LogP contribution in [0.15, 0.2) is 82.6 Å². The molecule has 0 fully saturated rings. The number of carbonyl (C=O) groups is 3. The van der Waals surface area contributed by atoms with E-state index in [4.69, 9.17) is 21.1 Å². The monoisotopic (exact) mass is 644 g/mol. The number of amides is 2. The van der Waals surface area contributed by atoms with E-state index >= 15 is 0 Å². The topological polar surface area (TPSA) is 139 Å². The van der Waals surface area contributed by atoms with Gasteiger partial charge in [-0.3, -0.25) is 9.59 Å². The Balaban J connectivity index is 1.68. The second-order valence-electron chi connectivity index (χ2n) is 10.9. The SMILES string of the molecule is CCOC(=O)CNC(=O)c1ccc(S(=O)(=O)c2ccc(CCN(C[C@H](O)c3cccc(Cl)c3)C(=O)OC(C)(C)C)cc2)cc1. The first-order chi connectivity index (χ1) is 20.7. The summed E-state index contributed by atoms with van der Waals surface area (Å²) < 4.78 is 36.7. The minimum atomic E-state index is -3.88. The third-order valence-corrected chi connectivity index (χ3v) is 8.33. The van der Waals surface area contributed by atoms with Gasteiger partial charge in [0.05, 0.1) is 29.0 Å². The predicted octanol–water partition coefficient (Wildman–Crippen LogP) is 4.98. The van der Waals surface area contributed by atoms with Crippen LogP contribution in [-0.4, -0.2) is 68.2 Å². The zero-order valence-electron chi connectivity index (χ0n) is 25.1. The molecule has 10 nitrogen and oxygen atoms in total. The van der Waals surface area contributed by atoms with Gasteiger partial charge in [0.1, 0.15) is 12.1 Å². The van der Waals surface area contributed by atoms with Crippen molar-refractivity contribution in [2.24, 2.45) is 0 Å². The van der Waals surface area contributed by atoms with Crippen molar-refractivity contribution in [2.45, 2.75) is 55.6 Å². The van der Waals surface area contributed by atoms with Crippen LogP contribution in [0.1, 0.15) is 55.3 Å². The highest BCUT2D eigenvalue weighted by Crippen LogP contribution is 2.23. The zero-order chi connectivity index (χ0) is 32.5. The number of halogens is 1. The molecule has 0 heterocycles. The molecule has 3 aromatic rings. The van der Waals surface area contributed by atoms with E-state index in [0.717, 1.165) is 5.56 Å². The quantitative estimate of drug-likeness (QED) is 0.263. The third kappa shape index (κ3) is 10.1. The standard InChI is InChI=1S/C32H37ClN2O8S/c1-5-42-29(37)20-34-30(38)23-11-15-27(16-12-23)44(40,41)26-13-9-22(10-14-26)17-18-35(31(39)43-32(2,3)4)21-28(36)24-7-6-8-25(33)19-24/h6-16,19,28,36H,5,17-18,20-21H2,1-4H3,(H,34,38)/t28-/m0/s1. The average molecular weight is 645 g/mol. The van der Waals surface area contributed by atoms with E-state index in [1.807, 2.05) is 0 Å². The second kappa shape index (κ2) is 15.2. The number of ether oxygens (including phenoxy) is 2. The van der Waals surface area contributed by atoms with Gasteiger partial charge < -0.3 is 24.8 Å². The summed E-state index contributed by atoms with van der Waals surface area (Å²) in [4.78, 5) is 38.1. The second-order valence-corrected chi connectivity index (χ2v) is 13.3. The number of aliphatic hydroxyl groups is 1. The molecule has 0 saturated carbocycles. The largest absolute Gasteiger partial charge is 0.465 e. The summed E-state index contributed by atoms with van der Waals surface area (Å²) in [6.45, 7) is 7.00. The Labute approximate surface area is 262 Å². The summed E-state index contributed by atoms with van der Waals surface area (Å²) in [5, 5.41) is 13.7. The first-order valence-corrected chi connectivity index (χ1v) is 15.8. The minimum Gasteiger partial charge on any atom is -0.465 e. The number of hydrogen-bond acceptors (Lipinski definition) is 8. The van der Waals surface area contributed by atoms with Crippen LogP contribution in [0.5, 0.6) is 0 Å². The molecular weight excluding hydrogens is 608 g/mol. The van der Waals surface area contributed by atoms with Gasteiger partial charge in [-0.25, -0.2) is 13.2 Å². The highest BCUT2D eigenvalue weighted by Gasteiger charge is 2.25. The number of sulfone groups is 1. The molecule has 0 aliphatic carbocycles. The smallest absolute Gasteiger partial charge is 0.410 e. The molecule has 3 aromatic carbocycles. The van der Waals surface area contributed by atoms with Crippen molar-refractivity contribution < 1.29 is 37.4 Å². The van der Waals surface area contributed by atoms with Crippen LogP contribution in [0.25, 0.3) is 0 Å². The van der Waals surface area contributed by atoms with Crippen LogP contribution < -0.4 is 5.32 Å². The van der Waals surface area contributed by atoms with Crippen molar-refractivity contribution in [3.63, 3.8) is 0 Å². The number of esters is 1. The van der Waals surface area contributed by atoms with Gasteiger partial charge in [-0.1, -0.05) is 35.9 Å². The van der Waals surface area contributed by atoms with E-state index in [9.17, 15) is 27.9 Å².